The highest BCUT2D eigenvalue weighted by atomic mass is 16.5. The molecular formula is C14H12N4O2. The molecule has 3 aromatic heterocycles. The second-order valence-electron chi connectivity index (χ2n) is 4.50. The molecule has 0 fully saturated rings. The van der Waals surface area contributed by atoms with Gasteiger partial charge in [0, 0.05) is 23.7 Å². The maximum atomic E-state index is 12.0. The monoisotopic (exact) mass is 268 g/mol. The Kier molecular flexibility index (Phi) is 2.90. The molecule has 6 nitrogen and oxygen atoms in total. The van der Waals surface area contributed by atoms with E-state index in [4.69, 9.17) is 4.52 Å². The number of aryl methyl sites for hydroxylation is 2. The van der Waals surface area contributed by atoms with E-state index >= 15 is 0 Å². The Bertz CT molecular complexity index is 806. The van der Waals surface area contributed by atoms with Crippen molar-refractivity contribution in [3.63, 3.8) is 0 Å². The van der Waals surface area contributed by atoms with Crippen LogP contribution in [-0.4, -0.2) is 20.1 Å². The molecule has 0 spiro atoms. The normalized spacial score (nSPS) is 10.7. The van der Waals surface area contributed by atoms with Gasteiger partial charge >= 0.3 is 0 Å². The first-order valence-corrected chi connectivity index (χ1v) is 6.10. The van der Waals surface area contributed by atoms with Crippen molar-refractivity contribution in [3.05, 3.63) is 52.2 Å². The molecule has 0 saturated heterocycles. The quantitative estimate of drug-likeness (QED) is 0.769. The molecule has 100 valence electrons. The van der Waals surface area contributed by atoms with Crippen LogP contribution in [0.5, 0.6) is 0 Å². The zero-order valence-electron chi connectivity index (χ0n) is 11.0. The molecule has 0 aromatic carbocycles. The van der Waals surface area contributed by atoms with Crippen LogP contribution in [0.25, 0.3) is 22.8 Å². The van der Waals surface area contributed by atoms with Gasteiger partial charge in [0.15, 0.2) is 0 Å². The van der Waals surface area contributed by atoms with Gasteiger partial charge in [-0.25, -0.2) is 0 Å². The van der Waals surface area contributed by atoms with Gasteiger partial charge in [-0.05, 0) is 37.6 Å². The molecule has 3 aromatic rings. The summed E-state index contributed by atoms with van der Waals surface area (Å²) in [6.45, 7) is 3.67. The third-order valence-corrected chi connectivity index (χ3v) is 2.94. The molecule has 0 bridgehead atoms. The highest BCUT2D eigenvalue weighted by Crippen LogP contribution is 2.21. The molecule has 0 saturated carbocycles. The fourth-order valence-corrected chi connectivity index (χ4v) is 2.06. The van der Waals surface area contributed by atoms with E-state index in [0.29, 0.717) is 11.4 Å². The van der Waals surface area contributed by atoms with Crippen LogP contribution in [0.2, 0.25) is 0 Å². The van der Waals surface area contributed by atoms with E-state index in [1.165, 1.54) is 0 Å². The van der Waals surface area contributed by atoms with E-state index in [-0.39, 0.29) is 11.4 Å². The SMILES string of the molecule is Cc1cc(C)c(-c2nc(-c3ccncc3)no2)c(=O)[nH]1. The number of rotatable bonds is 2. The highest BCUT2D eigenvalue weighted by molar-refractivity contribution is 5.61. The average molecular weight is 268 g/mol. The summed E-state index contributed by atoms with van der Waals surface area (Å²) in [6.07, 6.45) is 3.30. The van der Waals surface area contributed by atoms with Crippen molar-refractivity contribution in [1.29, 1.82) is 0 Å². The summed E-state index contributed by atoms with van der Waals surface area (Å²) in [7, 11) is 0. The Labute approximate surface area is 114 Å². The highest BCUT2D eigenvalue weighted by Gasteiger charge is 2.16. The van der Waals surface area contributed by atoms with Gasteiger partial charge in [0.25, 0.3) is 11.4 Å². The minimum Gasteiger partial charge on any atom is -0.333 e. The van der Waals surface area contributed by atoms with Crippen molar-refractivity contribution >= 4 is 0 Å². The largest absolute Gasteiger partial charge is 0.333 e. The molecule has 0 atom stereocenters. The average Bonchev–Trinajstić information content (AvgIpc) is 2.88. The third-order valence-electron chi connectivity index (χ3n) is 2.94. The zero-order valence-corrected chi connectivity index (χ0v) is 11.0. The van der Waals surface area contributed by atoms with Crippen LogP contribution in [0.15, 0.2) is 39.9 Å². The van der Waals surface area contributed by atoms with Crippen molar-refractivity contribution in [2.75, 3.05) is 0 Å². The van der Waals surface area contributed by atoms with Gasteiger partial charge < -0.3 is 9.51 Å². The number of H-pyrrole nitrogens is 1. The van der Waals surface area contributed by atoms with Crippen LogP contribution in [0.4, 0.5) is 0 Å². The lowest BCUT2D eigenvalue weighted by Crippen LogP contribution is -2.12. The molecule has 0 radical (unpaired) electrons. The van der Waals surface area contributed by atoms with Crippen molar-refractivity contribution in [3.8, 4) is 22.8 Å². The predicted octanol–water partition coefficient (Wildman–Crippen LogP) is 2.10. The summed E-state index contributed by atoms with van der Waals surface area (Å²) >= 11 is 0. The van der Waals surface area contributed by atoms with Crippen LogP contribution in [0.1, 0.15) is 11.3 Å². The molecular weight excluding hydrogens is 256 g/mol. The van der Waals surface area contributed by atoms with E-state index in [2.05, 4.69) is 20.1 Å². The molecule has 3 heterocycles. The Balaban J connectivity index is 2.10. The number of aromatic amines is 1. The van der Waals surface area contributed by atoms with Crippen LogP contribution in [0, 0.1) is 13.8 Å². The lowest BCUT2D eigenvalue weighted by molar-refractivity contribution is 0.431. The van der Waals surface area contributed by atoms with Gasteiger partial charge in [-0.15, -0.1) is 0 Å². The van der Waals surface area contributed by atoms with Gasteiger partial charge in [0.1, 0.15) is 5.56 Å². The summed E-state index contributed by atoms with van der Waals surface area (Å²) < 4.78 is 5.21. The minimum absolute atomic E-state index is 0.218. The minimum atomic E-state index is -0.229. The van der Waals surface area contributed by atoms with Crippen molar-refractivity contribution in [2.24, 2.45) is 0 Å². The maximum Gasteiger partial charge on any atom is 0.264 e. The molecule has 0 unspecified atom stereocenters. The molecule has 0 amide bonds. The molecule has 0 aliphatic carbocycles. The third kappa shape index (κ3) is 2.11. The molecule has 1 N–H and O–H groups in total. The van der Waals surface area contributed by atoms with E-state index in [0.717, 1.165) is 16.8 Å². The van der Waals surface area contributed by atoms with E-state index in [1.54, 1.807) is 24.5 Å². The number of hydrogen-bond donors (Lipinski definition) is 1. The van der Waals surface area contributed by atoms with Crippen molar-refractivity contribution < 1.29 is 4.52 Å². The Hall–Kier alpha value is -2.76. The molecule has 0 aliphatic rings. The Morgan fingerprint density at radius 2 is 1.95 bits per heavy atom. The summed E-state index contributed by atoms with van der Waals surface area (Å²) in [4.78, 5) is 23.0. The summed E-state index contributed by atoms with van der Waals surface area (Å²) in [5.74, 6) is 0.650. The first-order chi connectivity index (χ1) is 9.65. The van der Waals surface area contributed by atoms with Gasteiger partial charge in [-0.1, -0.05) is 5.16 Å². The smallest absolute Gasteiger partial charge is 0.264 e. The molecule has 0 aliphatic heterocycles. The first kappa shape index (κ1) is 12.3. The fraction of sp³-hybridized carbons (Fsp3) is 0.143. The number of nitrogens with zero attached hydrogens (tertiary/aromatic N) is 3. The molecule has 3 rings (SSSR count). The van der Waals surface area contributed by atoms with Crippen molar-refractivity contribution in [2.45, 2.75) is 13.8 Å². The fourth-order valence-electron chi connectivity index (χ4n) is 2.06. The summed E-state index contributed by atoms with van der Waals surface area (Å²) in [6, 6.07) is 5.43. The summed E-state index contributed by atoms with van der Waals surface area (Å²) in [5, 5.41) is 3.90. The van der Waals surface area contributed by atoms with Gasteiger partial charge in [-0.3, -0.25) is 9.78 Å². The van der Waals surface area contributed by atoms with Gasteiger partial charge in [-0.2, -0.15) is 4.98 Å². The standard InChI is InChI=1S/C14H12N4O2/c1-8-7-9(2)16-13(19)11(8)14-17-12(18-20-14)10-3-5-15-6-4-10/h3-7H,1-2H3,(H,16,19). The van der Waals surface area contributed by atoms with E-state index in [1.807, 2.05) is 19.9 Å². The number of pyridine rings is 2. The van der Waals surface area contributed by atoms with E-state index < -0.39 is 0 Å². The van der Waals surface area contributed by atoms with E-state index in [9.17, 15) is 4.79 Å². The molecule has 6 heteroatoms. The maximum absolute atomic E-state index is 12.0. The van der Waals surface area contributed by atoms with Crippen molar-refractivity contribution in [1.82, 2.24) is 20.1 Å². The zero-order chi connectivity index (χ0) is 14.1. The van der Waals surface area contributed by atoms with Crippen LogP contribution in [-0.2, 0) is 0 Å². The number of hydrogen-bond acceptors (Lipinski definition) is 5. The second kappa shape index (κ2) is 4.73. The van der Waals surface area contributed by atoms with Crippen LogP contribution < -0.4 is 5.56 Å². The van der Waals surface area contributed by atoms with Crippen LogP contribution >= 0.6 is 0 Å². The predicted molar refractivity (Wildman–Crippen MR) is 73.1 cm³/mol. The van der Waals surface area contributed by atoms with Crippen LogP contribution in [0.3, 0.4) is 0 Å². The number of aromatic nitrogens is 4. The topological polar surface area (TPSA) is 84.7 Å². The molecule has 20 heavy (non-hydrogen) atoms. The Morgan fingerprint density at radius 3 is 2.65 bits per heavy atom. The lowest BCUT2D eigenvalue weighted by Gasteiger charge is -2.00. The van der Waals surface area contributed by atoms with Gasteiger partial charge in [0.2, 0.25) is 5.82 Å². The number of nitrogens with one attached hydrogen (secondary N) is 1. The Morgan fingerprint density at radius 1 is 1.20 bits per heavy atom. The first-order valence-electron chi connectivity index (χ1n) is 6.10. The summed E-state index contributed by atoms with van der Waals surface area (Å²) in [5.41, 5.74) is 2.56. The van der Waals surface area contributed by atoms with Gasteiger partial charge in [0.05, 0.1) is 0 Å². The lowest BCUT2D eigenvalue weighted by atomic mass is 10.1. The second-order valence-corrected chi connectivity index (χ2v) is 4.50.